The molecule has 0 spiro atoms. The summed E-state index contributed by atoms with van der Waals surface area (Å²) in [7, 11) is 5.78. The van der Waals surface area contributed by atoms with E-state index in [2.05, 4.69) is 53.2 Å². The van der Waals surface area contributed by atoms with Crippen molar-refractivity contribution >= 4 is 54.1 Å². The molecule has 1 fully saturated rings. The summed E-state index contributed by atoms with van der Waals surface area (Å²) < 4.78 is 5.24. The molecule has 1 aliphatic rings. The number of benzene rings is 1. The van der Waals surface area contributed by atoms with E-state index in [0.29, 0.717) is 12.3 Å². The van der Waals surface area contributed by atoms with E-state index in [0.717, 1.165) is 36.9 Å². The highest BCUT2D eigenvalue weighted by Crippen LogP contribution is 2.45. The summed E-state index contributed by atoms with van der Waals surface area (Å²) in [5.74, 6) is 0.0847. The first kappa shape index (κ1) is 29.2. The SMILES string of the molecule is COC(=O)C(Cc1c[nH]c2ccccc12)C1CCC(c2ccccn2)(N(C)C)CC1.Cl.Cl.Cl. The van der Waals surface area contributed by atoms with Gasteiger partial charge >= 0.3 is 5.97 Å². The standard InChI is InChI=1S/C25H31N3O2.3ClH/c1-28(2)25(23-10-6-7-15-26-23)13-11-18(12-14-25)21(24(29)30-3)16-19-17-27-22-9-5-4-8-20(19)22;;;/h4-10,15,17-18,21,27H,11-14,16H2,1-3H3;3*1H. The third-order valence-corrected chi connectivity index (χ3v) is 7.04. The van der Waals surface area contributed by atoms with Crippen molar-refractivity contribution in [3.63, 3.8) is 0 Å². The molecule has 182 valence electrons. The van der Waals surface area contributed by atoms with E-state index in [1.165, 1.54) is 18.1 Å². The van der Waals surface area contributed by atoms with Crippen LogP contribution in [0.3, 0.4) is 0 Å². The summed E-state index contributed by atoms with van der Waals surface area (Å²) >= 11 is 0. The van der Waals surface area contributed by atoms with Gasteiger partial charge in [0.05, 0.1) is 24.3 Å². The summed E-state index contributed by atoms with van der Waals surface area (Å²) in [4.78, 5) is 23.1. The van der Waals surface area contributed by atoms with Gasteiger partial charge in [-0.3, -0.25) is 14.7 Å². The Hall–Kier alpha value is -1.79. The zero-order valence-corrected chi connectivity index (χ0v) is 21.8. The van der Waals surface area contributed by atoms with Gasteiger partial charge in [0, 0.05) is 23.3 Å². The summed E-state index contributed by atoms with van der Waals surface area (Å²) in [6.45, 7) is 0. The quantitative estimate of drug-likeness (QED) is 0.422. The maximum absolute atomic E-state index is 12.8. The number of para-hydroxylation sites is 1. The molecule has 2 heterocycles. The molecule has 33 heavy (non-hydrogen) atoms. The molecule has 0 aliphatic heterocycles. The molecule has 0 bridgehead atoms. The Morgan fingerprint density at radius 3 is 2.39 bits per heavy atom. The zero-order valence-electron chi connectivity index (χ0n) is 19.3. The Morgan fingerprint density at radius 1 is 1.12 bits per heavy atom. The lowest BCUT2D eigenvalue weighted by Crippen LogP contribution is -2.46. The molecule has 0 radical (unpaired) electrons. The summed E-state index contributed by atoms with van der Waals surface area (Å²) in [5, 5.41) is 1.19. The zero-order chi connectivity index (χ0) is 21.1. The molecule has 4 rings (SSSR count). The number of methoxy groups -OCH3 is 1. The second-order valence-electron chi connectivity index (χ2n) is 8.67. The average molecular weight is 515 g/mol. The van der Waals surface area contributed by atoms with Gasteiger partial charge < -0.3 is 9.72 Å². The Kier molecular flexibility index (Phi) is 11.2. The molecule has 5 nitrogen and oxygen atoms in total. The predicted molar refractivity (Wildman–Crippen MR) is 141 cm³/mol. The molecule has 0 saturated heterocycles. The molecular formula is C25H34Cl3N3O2. The van der Waals surface area contributed by atoms with Crippen LogP contribution in [0.15, 0.2) is 54.9 Å². The molecule has 1 unspecified atom stereocenters. The number of fused-ring (bicyclic) bond motifs is 1. The number of aromatic amines is 1. The predicted octanol–water partition coefficient (Wildman–Crippen LogP) is 5.81. The molecule has 2 aromatic heterocycles. The van der Waals surface area contributed by atoms with Crippen LogP contribution in [-0.2, 0) is 21.5 Å². The highest BCUT2D eigenvalue weighted by molar-refractivity contribution is 5.86. The number of rotatable bonds is 6. The van der Waals surface area contributed by atoms with Gasteiger partial charge in [0.2, 0.25) is 0 Å². The fourth-order valence-electron chi connectivity index (χ4n) is 5.22. The Bertz CT molecular complexity index is 1000. The van der Waals surface area contributed by atoms with Crippen molar-refractivity contribution in [2.24, 2.45) is 11.8 Å². The van der Waals surface area contributed by atoms with Crippen LogP contribution in [0.4, 0.5) is 0 Å². The van der Waals surface area contributed by atoms with Crippen molar-refractivity contribution in [1.82, 2.24) is 14.9 Å². The van der Waals surface area contributed by atoms with Crippen molar-refractivity contribution in [3.05, 3.63) is 66.1 Å². The summed E-state index contributed by atoms with van der Waals surface area (Å²) in [5.41, 5.74) is 3.36. The Labute approximate surface area is 214 Å². The number of ether oxygens (including phenoxy) is 1. The second kappa shape index (κ2) is 12.6. The highest BCUT2D eigenvalue weighted by Gasteiger charge is 2.43. The van der Waals surface area contributed by atoms with Crippen LogP contribution in [0.2, 0.25) is 0 Å². The van der Waals surface area contributed by atoms with Crippen LogP contribution >= 0.6 is 37.2 Å². The van der Waals surface area contributed by atoms with Crippen molar-refractivity contribution in [3.8, 4) is 0 Å². The minimum Gasteiger partial charge on any atom is -0.469 e. The van der Waals surface area contributed by atoms with E-state index in [1.807, 2.05) is 30.6 Å². The maximum Gasteiger partial charge on any atom is 0.309 e. The van der Waals surface area contributed by atoms with Crippen molar-refractivity contribution < 1.29 is 9.53 Å². The molecular weight excluding hydrogens is 481 g/mol. The van der Waals surface area contributed by atoms with E-state index in [9.17, 15) is 4.79 Å². The maximum atomic E-state index is 12.8. The number of halogens is 3. The number of esters is 1. The minimum absolute atomic E-state index is 0. The molecule has 0 amide bonds. The van der Waals surface area contributed by atoms with Crippen LogP contribution < -0.4 is 0 Å². The number of nitrogens with one attached hydrogen (secondary N) is 1. The third kappa shape index (κ3) is 5.83. The molecule has 1 aromatic carbocycles. The lowest BCUT2D eigenvalue weighted by molar-refractivity contribution is -0.148. The van der Waals surface area contributed by atoms with E-state index >= 15 is 0 Å². The van der Waals surface area contributed by atoms with Crippen LogP contribution in [0.1, 0.15) is 36.9 Å². The van der Waals surface area contributed by atoms with Crippen LogP contribution in [0, 0.1) is 11.8 Å². The van der Waals surface area contributed by atoms with Gasteiger partial charge in [-0.2, -0.15) is 0 Å². The number of carbonyl (C=O) groups excluding carboxylic acids is 1. The third-order valence-electron chi connectivity index (χ3n) is 7.04. The van der Waals surface area contributed by atoms with Crippen molar-refractivity contribution in [2.75, 3.05) is 21.2 Å². The summed E-state index contributed by atoms with van der Waals surface area (Å²) in [6.07, 6.45) is 8.57. The number of hydrogen-bond acceptors (Lipinski definition) is 4. The van der Waals surface area contributed by atoms with Crippen LogP contribution in [-0.4, -0.2) is 42.0 Å². The largest absolute Gasteiger partial charge is 0.469 e. The highest BCUT2D eigenvalue weighted by atomic mass is 35.5. The summed E-state index contributed by atoms with van der Waals surface area (Å²) in [6, 6.07) is 14.4. The molecule has 1 atom stereocenters. The smallest absolute Gasteiger partial charge is 0.309 e. The van der Waals surface area contributed by atoms with Gasteiger partial charge in [0.15, 0.2) is 0 Å². The lowest BCUT2D eigenvalue weighted by Gasteiger charge is -2.45. The Balaban J connectivity index is 0.00000181. The van der Waals surface area contributed by atoms with Gasteiger partial charge in [0.1, 0.15) is 0 Å². The fourth-order valence-corrected chi connectivity index (χ4v) is 5.22. The van der Waals surface area contributed by atoms with E-state index < -0.39 is 0 Å². The number of nitrogens with zero attached hydrogens (tertiary/aromatic N) is 2. The molecule has 8 heteroatoms. The molecule has 1 saturated carbocycles. The Morgan fingerprint density at radius 2 is 1.79 bits per heavy atom. The van der Waals surface area contributed by atoms with Gasteiger partial charge in [-0.15, -0.1) is 37.2 Å². The number of hydrogen-bond donors (Lipinski definition) is 1. The van der Waals surface area contributed by atoms with Gasteiger partial charge in [-0.25, -0.2) is 0 Å². The molecule has 3 aromatic rings. The first-order valence-electron chi connectivity index (χ1n) is 10.8. The lowest BCUT2D eigenvalue weighted by atomic mass is 9.69. The van der Waals surface area contributed by atoms with E-state index in [4.69, 9.17) is 4.74 Å². The number of carbonyl (C=O) groups is 1. The monoisotopic (exact) mass is 513 g/mol. The first-order valence-corrected chi connectivity index (χ1v) is 10.8. The van der Waals surface area contributed by atoms with Crippen molar-refractivity contribution in [2.45, 2.75) is 37.6 Å². The van der Waals surface area contributed by atoms with Gasteiger partial charge in [-0.05, 0) is 75.9 Å². The molecule has 1 aliphatic carbocycles. The number of aromatic nitrogens is 2. The van der Waals surface area contributed by atoms with E-state index in [1.54, 1.807) is 0 Å². The number of pyridine rings is 1. The second-order valence-corrected chi connectivity index (χ2v) is 8.67. The average Bonchev–Trinajstić information content (AvgIpc) is 3.20. The first-order chi connectivity index (χ1) is 14.5. The number of H-pyrrole nitrogens is 1. The molecule has 1 N–H and O–H groups in total. The minimum atomic E-state index is -0.127. The van der Waals surface area contributed by atoms with Gasteiger partial charge in [0.25, 0.3) is 0 Å². The normalized spacial score (nSPS) is 20.8. The van der Waals surface area contributed by atoms with Crippen molar-refractivity contribution in [1.29, 1.82) is 0 Å². The fraction of sp³-hybridized carbons (Fsp3) is 0.440. The van der Waals surface area contributed by atoms with Crippen LogP contribution in [0.5, 0.6) is 0 Å². The van der Waals surface area contributed by atoms with E-state index in [-0.39, 0.29) is 54.6 Å². The van der Waals surface area contributed by atoms with Crippen LogP contribution in [0.25, 0.3) is 10.9 Å². The van der Waals surface area contributed by atoms with Gasteiger partial charge in [-0.1, -0.05) is 24.3 Å². The topological polar surface area (TPSA) is 58.2 Å².